The van der Waals surface area contributed by atoms with Crippen LogP contribution >= 0.6 is 0 Å². The average molecular weight is 266 g/mol. The SMILES string of the molecule is CC(NCCNCC1CCCCC1)C1CCCCC1. The van der Waals surface area contributed by atoms with Crippen molar-refractivity contribution < 1.29 is 0 Å². The summed E-state index contributed by atoms with van der Waals surface area (Å²) >= 11 is 0. The summed E-state index contributed by atoms with van der Waals surface area (Å²) in [5.41, 5.74) is 0. The standard InChI is InChI=1S/C17H34N2/c1-15(17-10-6-3-7-11-17)19-13-12-18-14-16-8-4-2-5-9-16/h15-19H,2-14H2,1H3. The van der Waals surface area contributed by atoms with Crippen molar-refractivity contribution in [3.05, 3.63) is 0 Å². The largest absolute Gasteiger partial charge is 0.315 e. The molecule has 0 spiro atoms. The van der Waals surface area contributed by atoms with Crippen molar-refractivity contribution in [2.75, 3.05) is 19.6 Å². The fourth-order valence-corrected chi connectivity index (χ4v) is 3.89. The first-order valence-corrected chi connectivity index (χ1v) is 8.80. The Morgan fingerprint density at radius 1 is 0.842 bits per heavy atom. The lowest BCUT2D eigenvalue weighted by atomic mass is 9.84. The molecule has 2 saturated carbocycles. The first kappa shape index (κ1) is 15.3. The van der Waals surface area contributed by atoms with Gasteiger partial charge in [0.1, 0.15) is 0 Å². The van der Waals surface area contributed by atoms with E-state index >= 15 is 0 Å². The van der Waals surface area contributed by atoms with Gasteiger partial charge in [-0.05, 0) is 51.0 Å². The van der Waals surface area contributed by atoms with Crippen LogP contribution in [-0.4, -0.2) is 25.7 Å². The summed E-state index contributed by atoms with van der Waals surface area (Å²) in [4.78, 5) is 0. The first-order chi connectivity index (χ1) is 9.36. The molecule has 0 radical (unpaired) electrons. The van der Waals surface area contributed by atoms with Crippen molar-refractivity contribution in [2.24, 2.45) is 11.8 Å². The van der Waals surface area contributed by atoms with E-state index in [1.54, 1.807) is 0 Å². The van der Waals surface area contributed by atoms with E-state index in [1.165, 1.54) is 70.8 Å². The summed E-state index contributed by atoms with van der Waals surface area (Å²) in [6.07, 6.45) is 14.6. The zero-order valence-corrected chi connectivity index (χ0v) is 12.9. The van der Waals surface area contributed by atoms with E-state index in [4.69, 9.17) is 0 Å². The zero-order valence-electron chi connectivity index (χ0n) is 12.9. The number of hydrogen-bond acceptors (Lipinski definition) is 2. The van der Waals surface area contributed by atoms with Crippen molar-refractivity contribution in [3.63, 3.8) is 0 Å². The fraction of sp³-hybridized carbons (Fsp3) is 1.00. The lowest BCUT2D eigenvalue weighted by molar-refractivity contribution is 0.280. The minimum absolute atomic E-state index is 0.719. The molecule has 0 aromatic rings. The van der Waals surface area contributed by atoms with Gasteiger partial charge in [0.2, 0.25) is 0 Å². The Balaban J connectivity index is 1.46. The molecule has 0 bridgehead atoms. The van der Waals surface area contributed by atoms with Crippen LogP contribution in [0.5, 0.6) is 0 Å². The Bertz CT molecular complexity index is 217. The topological polar surface area (TPSA) is 24.1 Å². The Morgan fingerprint density at radius 2 is 1.47 bits per heavy atom. The lowest BCUT2D eigenvalue weighted by Crippen LogP contribution is -2.39. The van der Waals surface area contributed by atoms with Crippen molar-refractivity contribution in [1.29, 1.82) is 0 Å². The lowest BCUT2D eigenvalue weighted by Gasteiger charge is -2.28. The molecule has 2 aliphatic rings. The van der Waals surface area contributed by atoms with Gasteiger partial charge in [0, 0.05) is 19.1 Å². The number of nitrogens with one attached hydrogen (secondary N) is 2. The van der Waals surface area contributed by atoms with E-state index in [2.05, 4.69) is 17.6 Å². The molecule has 2 nitrogen and oxygen atoms in total. The molecule has 0 saturated heterocycles. The van der Waals surface area contributed by atoms with Gasteiger partial charge in [-0.2, -0.15) is 0 Å². The molecule has 0 aromatic heterocycles. The van der Waals surface area contributed by atoms with Gasteiger partial charge in [-0.3, -0.25) is 0 Å². The van der Waals surface area contributed by atoms with Gasteiger partial charge in [-0.25, -0.2) is 0 Å². The van der Waals surface area contributed by atoms with Crippen LogP contribution < -0.4 is 10.6 Å². The highest BCUT2D eigenvalue weighted by atomic mass is 15.0. The van der Waals surface area contributed by atoms with E-state index in [0.717, 1.165) is 31.0 Å². The summed E-state index contributed by atoms with van der Waals surface area (Å²) in [5, 5.41) is 7.38. The second-order valence-corrected chi connectivity index (χ2v) is 6.85. The number of hydrogen-bond donors (Lipinski definition) is 2. The molecule has 0 aromatic carbocycles. The predicted octanol–water partition coefficient (Wildman–Crippen LogP) is 3.71. The highest BCUT2D eigenvalue weighted by Crippen LogP contribution is 2.26. The third-order valence-electron chi connectivity index (χ3n) is 5.28. The molecule has 0 aliphatic heterocycles. The predicted molar refractivity (Wildman–Crippen MR) is 83.5 cm³/mol. The van der Waals surface area contributed by atoms with Gasteiger partial charge in [0.25, 0.3) is 0 Å². The first-order valence-electron chi connectivity index (χ1n) is 8.80. The van der Waals surface area contributed by atoms with Gasteiger partial charge in [0.15, 0.2) is 0 Å². The Labute approximate surface area is 120 Å². The Morgan fingerprint density at radius 3 is 2.16 bits per heavy atom. The van der Waals surface area contributed by atoms with Gasteiger partial charge < -0.3 is 10.6 Å². The zero-order chi connectivity index (χ0) is 13.3. The monoisotopic (exact) mass is 266 g/mol. The van der Waals surface area contributed by atoms with E-state index in [0.29, 0.717) is 0 Å². The second kappa shape index (κ2) is 8.97. The smallest absolute Gasteiger partial charge is 0.00793 e. The Hall–Kier alpha value is -0.0800. The average Bonchev–Trinajstić information content (AvgIpc) is 2.49. The van der Waals surface area contributed by atoms with Gasteiger partial charge in [0.05, 0.1) is 0 Å². The van der Waals surface area contributed by atoms with Crippen LogP contribution in [0.25, 0.3) is 0 Å². The molecule has 19 heavy (non-hydrogen) atoms. The molecular weight excluding hydrogens is 232 g/mol. The van der Waals surface area contributed by atoms with Crippen LogP contribution in [0.1, 0.15) is 71.1 Å². The van der Waals surface area contributed by atoms with Crippen LogP contribution in [0.4, 0.5) is 0 Å². The molecule has 1 atom stereocenters. The Kier molecular flexibility index (Phi) is 7.23. The molecule has 0 amide bonds. The maximum absolute atomic E-state index is 3.73. The van der Waals surface area contributed by atoms with Crippen LogP contribution in [0, 0.1) is 11.8 Å². The summed E-state index contributed by atoms with van der Waals surface area (Å²) in [6, 6.07) is 0.719. The second-order valence-electron chi connectivity index (χ2n) is 6.85. The molecular formula is C17H34N2. The van der Waals surface area contributed by atoms with E-state index in [1.807, 2.05) is 0 Å². The summed E-state index contributed by atoms with van der Waals surface area (Å²) in [7, 11) is 0. The molecule has 1 unspecified atom stereocenters. The highest BCUT2D eigenvalue weighted by molar-refractivity contribution is 4.76. The van der Waals surface area contributed by atoms with E-state index < -0.39 is 0 Å². The third-order valence-corrected chi connectivity index (χ3v) is 5.28. The maximum atomic E-state index is 3.73. The molecule has 0 heterocycles. The van der Waals surface area contributed by atoms with Crippen LogP contribution in [0.3, 0.4) is 0 Å². The quantitative estimate of drug-likeness (QED) is 0.686. The van der Waals surface area contributed by atoms with Crippen molar-refractivity contribution in [1.82, 2.24) is 10.6 Å². The minimum atomic E-state index is 0.719. The molecule has 2 N–H and O–H groups in total. The van der Waals surface area contributed by atoms with E-state index in [9.17, 15) is 0 Å². The summed E-state index contributed by atoms with van der Waals surface area (Å²) in [6.45, 7) is 5.93. The fourth-order valence-electron chi connectivity index (χ4n) is 3.89. The normalized spacial score (nSPS) is 24.5. The van der Waals surface area contributed by atoms with Crippen LogP contribution in [-0.2, 0) is 0 Å². The van der Waals surface area contributed by atoms with Gasteiger partial charge in [-0.15, -0.1) is 0 Å². The maximum Gasteiger partial charge on any atom is 0.00793 e. The summed E-state index contributed by atoms with van der Waals surface area (Å²) < 4.78 is 0. The van der Waals surface area contributed by atoms with E-state index in [-0.39, 0.29) is 0 Å². The third kappa shape index (κ3) is 5.83. The van der Waals surface area contributed by atoms with Crippen molar-refractivity contribution in [2.45, 2.75) is 77.2 Å². The minimum Gasteiger partial charge on any atom is -0.315 e. The van der Waals surface area contributed by atoms with Gasteiger partial charge in [-0.1, -0.05) is 38.5 Å². The molecule has 2 heteroatoms. The molecule has 2 rings (SSSR count). The van der Waals surface area contributed by atoms with Gasteiger partial charge >= 0.3 is 0 Å². The number of rotatable bonds is 7. The highest BCUT2D eigenvalue weighted by Gasteiger charge is 2.19. The summed E-state index contributed by atoms with van der Waals surface area (Å²) in [5.74, 6) is 1.90. The molecule has 2 aliphatic carbocycles. The van der Waals surface area contributed by atoms with Crippen LogP contribution in [0.15, 0.2) is 0 Å². The van der Waals surface area contributed by atoms with Crippen LogP contribution in [0.2, 0.25) is 0 Å². The van der Waals surface area contributed by atoms with Crippen molar-refractivity contribution >= 4 is 0 Å². The molecule has 112 valence electrons. The molecule has 2 fully saturated rings. The van der Waals surface area contributed by atoms with Crippen molar-refractivity contribution in [3.8, 4) is 0 Å².